The minimum absolute atomic E-state index is 0.0755. The molecule has 0 saturated heterocycles. The Morgan fingerprint density at radius 3 is 2.38 bits per heavy atom. The average molecular weight is 372 g/mol. The van der Waals surface area contributed by atoms with E-state index in [9.17, 15) is 30.8 Å². The summed E-state index contributed by atoms with van der Waals surface area (Å²) >= 11 is 0. The van der Waals surface area contributed by atoms with E-state index in [0.29, 0.717) is 0 Å². The second kappa shape index (κ2) is 6.03. The van der Waals surface area contributed by atoms with Gasteiger partial charge in [-0.15, -0.1) is 0 Å². The summed E-state index contributed by atoms with van der Waals surface area (Å²) in [4.78, 5) is 12.8. The smallest absolute Gasteiger partial charge is 0.407 e. The molecule has 0 spiro atoms. The van der Waals surface area contributed by atoms with Gasteiger partial charge in [0.2, 0.25) is 10.0 Å². The Balaban J connectivity index is 2.42. The van der Waals surface area contributed by atoms with Gasteiger partial charge in [-0.3, -0.25) is 0 Å². The van der Waals surface area contributed by atoms with Crippen LogP contribution in [0.15, 0.2) is 4.90 Å². The number of aromatic amines is 1. The second-order valence-corrected chi connectivity index (χ2v) is 7.15. The fraction of sp³-hybridized carbons (Fsp3) is 0.615. The minimum atomic E-state index is -4.83. The van der Waals surface area contributed by atoms with E-state index in [1.807, 2.05) is 0 Å². The molecule has 0 bridgehead atoms. The third-order valence-electron chi connectivity index (χ3n) is 3.90. The van der Waals surface area contributed by atoms with Gasteiger partial charge >= 0.3 is 12.1 Å². The second-order valence-electron chi connectivity index (χ2n) is 5.53. The molecule has 2 rings (SSSR count). The SMILES string of the molecule is CCOC(=O)c1[nH]c(C)c(S(=O)(=O)NC2(C(F)(F)F)CCC2)c1F. The Hall–Kier alpha value is -1.62. The van der Waals surface area contributed by atoms with Crippen LogP contribution in [0.4, 0.5) is 17.6 Å². The molecule has 2 N–H and O–H groups in total. The monoisotopic (exact) mass is 372 g/mol. The summed E-state index contributed by atoms with van der Waals surface area (Å²) in [6.07, 6.45) is -5.45. The molecule has 1 aliphatic carbocycles. The van der Waals surface area contributed by atoms with Crippen molar-refractivity contribution in [3.8, 4) is 0 Å². The Morgan fingerprint density at radius 1 is 1.38 bits per heavy atom. The number of aromatic nitrogens is 1. The van der Waals surface area contributed by atoms with Crippen LogP contribution in [0, 0.1) is 12.7 Å². The number of alkyl halides is 3. The number of carbonyl (C=O) groups is 1. The van der Waals surface area contributed by atoms with E-state index in [1.165, 1.54) is 6.92 Å². The summed E-state index contributed by atoms with van der Waals surface area (Å²) in [5.41, 5.74) is -3.64. The summed E-state index contributed by atoms with van der Waals surface area (Å²) in [5, 5.41) is 0. The van der Waals surface area contributed by atoms with Gasteiger partial charge in [-0.05, 0) is 33.1 Å². The van der Waals surface area contributed by atoms with Gasteiger partial charge in [0, 0.05) is 5.69 Å². The highest BCUT2D eigenvalue weighted by Crippen LogP contribution is 2.46. The Labute approximate surface area is 135 Å². The molecule has 1 aromatic rings. The molecule has 1 aliphatic rings. The van der Waals surface area contributed by atoms with Crippen LogP contribution in [-0.2, 0) is 14.8 Å². The van der Waals surface area contributed by atoms with Crippen molar-refractivity contribution in [1.82, 2.24) is 9.71 Å². The van der Waals surface area contributed by atoms with Gasteiger partial charge in [-0.25, -0.2) is 17.6 Å². The first-order valence-corrected chi connectivity index (χ1v) is 8.59. The molecule has 0 radical (unpaired) electrons. The highest BCUT2D eigenvalue weighted by molar-refractivity contribution is 7.89. The molecule has 0 aliphatic heterocycles. The number of ether oxygens (including phenoxy) is 1. The molecule has 11 heteroatoms. The normalized spacial score (nSPS) is 17.4. The number of H-pyrrole nitrogens is 1. The zero-order chi connectivity index (χ0) is 18.3. The number of sulfonamides is 1. The van der Waals surface area contributed by atoms with Crippen LogP contribution in [-0.4, -0.2) is 37.7 Å². The topological polar surface area (TPSA) is 88.3 Å². The van der Waals surface area contributed by atoms with Crippen molar-refractivity contribution < 1.29 is 35.5 Å². The third-order valence-corrected chi connectivity index (χ3v) is 5.58. The fourth-order valence-corrected chi connectivity index (χ4v) is 4.25. The number of esters is 1. The average Bonchev–Trinajstić information content (AvgIpc) is 2.69. The van der Waals surface area contributed by atoms with Gasteiger partial charge in [0.25, 0.3) is 0 Å². The van der Waals surface area contributed by atoms with Gasteiger partial charge in [0.1, 0.15) is 10.4 Å². The maximum Gasteiger partial charge on any atom is 0.407 e. The van der Waals surface area contributed by atoms with Crippen LogP contribution in [0.3, 0.4) is 0 Å². The predicted molar refractivity (Wildman–Crippen MR) is 74.4 cm³/mol. The fourth-order valence-electron chi connectivity index (χ4n) is 2.52. The molecule has 1 heterocycles. The zero-order valence-corrected chi connectivity index (χ0v) is 13.7. The summed E-state index contributed by atoms with van der Waals surface area (Å²) < 4.78 is 84.5. The predicted octanol–water partition coefficient (Wildman–Crippen LogP) is 2.40. The van der Waals surface area contributed by atoms with Crippen LogP contribution in [0.1, 0.15) is 42.4 Å². The lowest BCUT2D eigenvalue weighted by atomic mass is 9.77. The largest absolute Gasteiger partial charge is 0.461 e. The van der Waals surface area contributed by atoms with Gasteiger partial charge in [-0.1, -0.05) is 0 Å². The lowest BCUT2D eigenvalue weighted by Crippen LogP contribution is -2.62. The Bertz CT molecular complexity index is 751. The number of aryl methyl sites for hydroxylation is 1. The van der Waals surface area contributed by atoms with Crippen molar-refractivity contribution >= 4 is 16.0 Å². The van der Waals surface area contributed by atoms with Crippen LogP contribution in [0.2, 0.25) is 0 Å². The van der Waals surface area contributed by atoms with Crippen molar-refractivity contribution in [3.63, 3.8) is 0 Å². The van der Waals surface area contributed by atoms with Gasteiger partial charge in [0.05, 0.1) is 6.61 Å². The maximum atomic E-state index is 14.3. The van der Waals surface area contributed by atoms with E-state index in [2.05, 4.69) is 9.72 Å². The lowest BCUT2D eigenvalue weighted by Gasteiger charge is -2.43. The van der Waals surface area contributed by atoms with Gasteiger partial charge in [0.15, 0.2) is 11.5 Å². The summed E-state index contributed by atoms with van der Waals surface area (Å²) in [6, 6.07) is 0. The van der Waals surface area contributed by atoms with Gasteiger partial charge in [-0.2, -0.15) is 17.9 Å². The van der Waals surface area contributed by atoms with Crippen LogP contribution in [0.25, 0.3) is 0 Å². The maximum absolute atomic E-state index is 14.3. The molecule has 0 amide bonds. The van der Waals surface area contributed by atoms with Crippen molar-refractivity contribution in [1.29, 1.82) is 0 Å². The van der Waals surface area contributed by atoms with Crippen molar-refractivity contribution in [2.75, 3.05) is 6.61 Å². The quantitative estimate of drug-likeness (QED) is 0.614. The van der Waals surface area contributed by atoms with Crippen molar-refractivity contribution in [2.24, 2.45) is 0 Å². The number of hydrogen-bond acceptors (Lipinski definition) is 4. The molecule has 0 aromatic carbocycles. The first-order chi connectivity index (χ1) is 11.0. The van der Waals surface area contributed by atoms with E-state index in [-0.39, 0.29) is 18.7 Å². The molecule has 6 nitrogen and oxygen atoms in total. The number of hydrogen-bond donors (Lipinski definition) is 2. The Kier molecular flexibility index (Phi) is 4.70. The molecule has 1 aromatic heterocycles. The molecule has 1 saturated carbocycles. The molecule has 0 unspecified atom stereocenters. The van der Waals surface area contributed by atoms with Gasteiger partial charge < -0.3 is 9.72 Å². The third kappa shape index (κ3) is 3.02. The first kappa shape index (κ1) is 18.7. The molecule has 136 valence electrons. The van der Waals surface area contributed by atoms with E-state index >= 15 is 0 Å². The van der Waals surface area contributed by atoms with E-state index in [0.717, 1.165) is 6.92 Å². The Morgan fingerprint density at radius 2 is 1.96 bits per heavy atom. The summed E-state index contributed by atoms with van der Waals surface area (Å²) in [6.45, 7) is 2.53. The van der Waals surface area contributed by atoms with Crippen LogP contribution < -0.4 is 4.72 Å². The minimum Gasteiger partial charge on any atom is -0.461 e. The summed E-state index contributed by atoms with van der Waals surface area (Å²) in [7, 11) is -4.83. The molecular formula is C13H16F4N2O4S. The molecule has 24 heavy (non-hydrogen) atoms. The number of rotatable bonds is 5. The van der Waals surface area contributed by atoms with Crippen molar-refractivity contribution in [2.45, 2.75) is 49.7 Å². The zero-order valence-electron chi connectivity index (χ0n) is 12.9. The molecular weight excluding hydrogens is 356 g/mol. The number of nitrogens with one attached hydrogen (secondary N) is 2. The van der Waals surface area contributed by atoms with E-state index < -0.39 is 57.0 Å². The number of halogens is 4. The first-order valence-electron chi connectivity index (χ1n) is 7.11. The standard InChI is InChI=1S/C13H16F4N2O4S/c1-3-23-11(20)9-8(14)10(7(2)18-9)24(21,22)19-12(5-4-6-12)13(15,16)17/h18-19H,3-6H2,1-2H3. The lowest BCUT2D eigenvalue weighted by molar-refractivity contribution is -0.212. The highest BCUT2D eigenvalue weighted by Gasteiger charge is 2.60. The molecule has 1 fully saturated rings. The summed E-state index contributed by atoms with van der Waals surface area (Å²) in [5.74, 6) is -2.59. The van der Waals surface area contributed by atoms with Crippen molar-refractivity contribution in [3.05, 3.63) is 17.2 Å². The number of carbonyl (C=O) groups excluding carboxylic acids is 1. The van der Waals surface area contributed by atoms with E-state index in [1.54, 1.807) is 4.72 Å². The highest BCUT2D eigenvalue weighted by atomic mass is 32.2. The molecule has 0 atom stereocenters. The van der Waals surface area contributed by atoms with Crippen LogP contribution >= 0.6 is 0 Å². The van der Waals surface area contributed by atoms with E-state index in [4.69, 9.17) is 0 Å². The van der Waals surface area contributed by atoms with Crippen LogP contribution in [0.5, 0.6) is 0 Å².